The van der Waals surface area contributed by atoms with Crippen LogP contribution < -0.4 is 15.9 Å². The van der Waals surface area contributed by atoms with Crippen LogP contribution in [0.3, 0.4) is 0 Å². The molecule has 2 saturated heterocycles. The lowest BCUT2D eigenvalue weighted by atomic mass is 10.3. The summed E-state index contributed by atoms with van der Waals surface area (Å²) in [6.07, 6.45) is 0. The van der Waals surface area contributed by atoms with Crippen molar-refractivity contribution in [3.05, 3.63) is 90.2 Å². The summed E-state index contributed by atoms with van der Waals surface area (Å²) in [5.74, 6) is -2.67. The van der Waals surface area contributed by atoms with E-state index in [0.29, 0.717) is 0 Å². The van der Waals surface area contributed by atoms with Crippen molar-refractivity contribution in [1.82, 2.24) is 0 Å². The minimum absolute atomic E-state index is 0.347. The summed E-state index contributed by atoms with van der Waals surface area (Å²) in [4.78, 5) is 0. The minimum atomic E-state index is -4.65. The van der Waals surface area contributed by atoms with Gasteiger partial charge in [0.1, 0.15) is 17.5 Å². The molecular weight excluding hydrogens is 564 g/mol. The third-order valence-electron chi connectivity index (χ3n) is 4.79. The monoisotopic (exact) mass is 576 g/mol. The Morgan fingerprint density at radius 1 is 0.629 bits per heavy atom. The number of rotatable bonds is 7. The van der Waals surface area contributed by atoms with Crippen LogP contribution in [-0.2, 0) is 35.1 Å². The zero-order valence-electron chi connectivity index (χ0n) is 17.2. The first-order valence-corrected chi connectivity index (χ1v) is 17.2. The third-order valence-corrected chi connectivity index (χ3v) is 18.4. The van der Waals surface area contributed by atoms with E-state index in [9.17, 15) is 26.9 Å². The molecule has 0 saturated carbocycles. The normalized spacial score (nSPS) is 18.6. The molecule has 0 unspecified atom stereocenters. The van der Waals surface area contributed by atoms with Crippen LogP contribution in [0.15, 0.2) is 72.8 Å². The number of hydrogen-bond donors (Lipinski definition) is 0. The molecule has 0 atom stereocenters. The number of benzene rings is 3. The van der Waals surface area contributed by atoms with Crippen molar-refractivity contribution in [1.29, 1.82) is 0 Å². The fourth-order valence-electron chi connectivity index (χ4n) is 3.16. The van der Waals surface area contributed by atoms with Gasteiger partial charge in [0.2, 0.25) is 0 Å². The topological polar surface area (TPSA) is 107 Å². The summed E-state index contributed by atoms with van der Waals surface area (Å²) in [6, 6.07) is 14.8. The predicted molar refractivity (Wildman–Crippen MR) is 119 cm³/mol. The fourth-order valence-corrected chi connectivity index (χ4v) is 15.9. The Kier molecular flexibility index (Phi) is 7.09. The van der Waals surface area contributed by atoms with Crippen LogP contribution in [0.25, 0.3) is 0 Å². The van der Waals surface area contributed by atoms with Crippen molar-refractivity contribution in [2.75, 3.05) is 0 Å². The third kappa shape index (κ3) is 4.94. The predicted octanol–water partition coefficient (Wildman–Crippen LogP) is 4.06. The van der Waals surface area contributed by atoms with E-state index >= 15 is 0 Å². The maximum Gasteiger partial charge on any atom is 0.926 e. The zero-order valence-corrected chi connectivity index (χ0v) is 22.2. The van der Waals surface area contributed by atoms with Crippen LogP contribution in [-0.4, -0.2) is 30.3 Å². The molecule has 0 aromatic heterocycles. The first kappa shape index (κ1) is 25.6. The van der Waals surface area contributed by atoms with Gasteiger partial charge >= 0.3 is 53.1 Å². The zero-order chi connectivity index (χ0) is 24.8. The summed E-state index contributed by atoms with van der Waals surface area (Å²) >= 11 is -6.96. The van der Waals surface area contributed by atoms with Crippen molar-refractivity contribution in [3.63, 3.8) is 0 Å². The molecule has 3 aromatic carbocycles. The Balaban J connectivity index is 1.34. The molecule has 5 rings (SSSR count). The van der Waals surface area contributed by atoms with E-state index < -0.39 is 75.8 Å². The van der Waals surface area contributed by atoms with Gasteiger partial charge in [0.05, 0.1) is 15.9 Å². The van der Waals surface area contributed by atoms with E-state index in [2.05, 4.69) is 0 Å². The lowest BCUT2D eigenvalue weighted by Gasteiger charge is -2.36. The summed E-state index contributed by atoms with van der Waals surface area (Å²) < 4.78 is 113. The highest BCUT2D eigenvalue weighted by Crippen LogP contribution is 2.64. The van der Waals surface area contributed by atoms with Gasteiger partial charge in [-0.25, -0.2) is 13.2 Å². The Hall–Kier alpha value is -1.04. The van der Waals surface area contributed by atoms with Gasteiger partial charge < -0.3 is 21.5 Å². The lowest BCUT2D eigenvalue weighted by Crippen LogP contribution is -2.42. The Labute approximate surface area is 207 Å². The first-order valence-electron chi connectivity index (χ1n) is 9.78. The van der Waals surface area contributed by atoms with Crippen molar-refractivity contribution < 1.29 is 48.3 Å². The minimum Gasteiger partial charge on any atom is -0.383 e. The molecule has 35 heavy (non-hydrogen) atoms. The van der Waals surface area contributed by atoms with Crippen molar-refractivity contribution >= 4 is 69.0 Å². The second kappa shape index (κ2) is 9.69. The quantitative estimate of drug-likeness (QED) is 0.304. The van der Waals surface area contributed by atoms with Gasteiger partial charge in [0, 0.05) is 0 Å². The van der Waals surface area contributed by atoms with Gasteiger partial charge in [0.25, 0.3) is 0 Å². The van der Waals surface area contributed by atoms with Gasteiger partial charge in [-0.2, -0.15) is 0 Å². The standard InChI is InChI=1S/3C6H6FO3P.2Al/c3*7-5-3-1-2-4-6(5)11(8,9)10;;/h3*1-4H,(H2,8,9,10);;/q;;;2*+3/p-6. The van der Waals surface area contributed by atoms with E-state index in [-0.39, 0.29) is 10.6 Å². The lowest BCUT2D eigenvalue weighted by molar-refractivity contribution is 0.184. The van der Waals surface area contributed by atoms with Crippen LogP contribution in [0.1, 0.15) is 0 Å². The Morgan fingerprint density at radius 2 is 1.00 bits per heavy atom. The molecule has 2 fully saturated rings. The number of hydrogen-bond acceptors (Lipinski definition) is 9. The van der Waals surface area contributed by atoms with E-state index in [1.807, 2.05) is 0 Å². The van der Waals surface area contributed by atoms with E-state index in [0.717, 1.165) is 24.3 Å². The van der Waals surface area contributed by atoms with Crippen LogP contribution in [0.5, 0.6) is 0 Å². The van der Waals surface area contributed by atoms with Gasteiger partial charge in [-0.05, 0) is 36.4 Å². The van der Waals surface area contributed by atoms with E-state index in [4.69, 9.17) is 21.5 Å². The highest BCUT2D eigenvalue weighted by Gasteiger charge is 2.64. The van der Waals surface area contributed by atoms with Crippen LogP contribution in [0, 0.1) is 17.5 Å². The van der Waals surface area contributed by atoms with Crippen LogP contribution in [0.2, 0.25) is 0 Å². The average Bonchev–Trinajstić information content (AvgIpc) is 2.77. The van der Waals surface area contributed by atoms with Gasteiger partial charge in [-0.15, -0.1) is 0 Å². The van der Waals surface area contributed by atoms with Gasteiger partial charge in [-0.3, -0.25) is 13.7 Å². The van der Waals surface area contributed by atoms with Crippen LogP contribution >= 0.6 is 22.8 Å². The molecule has 3 aromatic rings. The second-order valence-electron chi connectivity index (χ2n) is 7.06. The summed E-state index contributed by atoms with van der Waals surface area (Å²) in [5.41, 5.74) is 0. The molecule has 0 bridgehead atoms. The molecule has 0 aliphatic carbocycles. The maximum absolute atomic E-state index is 14.5. The van der Waals surface area contributed by atoms with E-state index in [1.54, 1.807) is 0 Å². The fraction of sp³-hybridized carbons (Fsp3) is 0. The Bertz CT molecular complexity index is 1340. The highest BCUT2D eigenvalue weighted by atomic mass is 31.2. The molecule has 2 aliphatic heterocycles. The maximum atomic E-state index is 14.5. The Morgan fingerprint density at radius 3 is 1.40 bits per heavy atom. The molecule has 0 radical (unpaired) electrons. The summed E-state index contributed by atoms with van der Waals surface area (Å²) in [5, 5.41) is -1.24. The van der Waals surface area contributed by atoms with Crippen molar-refractivity contribution in [2.24, 2.45) is 0 Å². The molecular formula is C18H12Al2F3O9P3. The molecule has 2 aliphatic rings. The first-order chi connectivity index (χ1) is 16.6. The summed E-state index contributed by atoms with van der Waals surface area (Å²) in [7, 11) is -12.8. The SMILES string of the molecule is O=P1(c2ccccc2F)[O][Al]([O]P(=O)([O][Al]2[O]P(=O)(c3ccccc3F)[O]2)c2ccccc2F)[O]1. The largest absolute Gasteiger partial charge is 0.926 e. The van der Waals surface area contributed by atoms with Crippen molar-refractivity contribution in [2.45, 2.75) is 0 Å². The molecule has 0 spiro atoms. The molecule has 0 N–H and O–H groups in total. The van der Waals surface area contributed by atoms with Crippen LogP contribution in [0.4, 0.5) is 13.2 Å². The second-order valence-corrected chi connectivity index (χ2v) is 17.7. The molecule has 9 nitrogen and oxygen atoms in total. The average molecular weight is 576 g/mol. The molecule has 0 amide bonds. The van der Waals surface area contributed by atoms with Gasteiger partial charge in [0.15, 0.2) is 0 Å². The van der Waals surface area contributed by atoms with E-state index in [1.165, 1.54) is 48.5 Å². The molecule has 2 heterocycles. The molecule has 17 heteroatoms. The summed E-state index contributed by atoms with van der Waals surface area (Å²) in [6.45, 7) is 0. The number of halogens is 3. The molecule has 180 valence electrons. The smallest absolute Gasteiger partial charge is 0.383 e. The van der Waals surface area contributed by atoms with Gasteiger partial charge in [-0.1, -0.05) is 36.4 Å². The highest BCUT2D eigenvalue weighted by molar-refractivity contribution is 7.70. The van der Waals surface area contributed by atoms with Crippen molar-refractivity contribution in [3.8, 4) is 0 Å².